The minimum Gasteiger partial charge on any atom is -0.238 e. The van der Waals surface area contributed by atoms with Crippen LogP contribution >= 0.6 is 0 Å². The Balaban J connectivity index is 0.000000671. The largest absolute Gasteiger partial charge is 0.238 e. The summed E-state index contributed by atoms with van der Waals surface area (Å²) in [5.74, 6) is 0. The summed E-state index contributed by atoms with van der Waals surface area (Å²) in [6, 6.07) is 0. The normalized spacial score (nSPS) is 20.8. The van der Waals surface area contributed by atoms with Crippen LogP contribution in [0.2, 0.25) is 0 Å². The first-order valence-electron chi connectivity index (χ1n) is 4.93. The van der Waals surface area contributed by atoms with Gasteiger partial charge in [0.1, 0.15) is 6.17 Å². The molecular weight excluding hydrogens is 163 g/mol. The molecule has 0 aromatic carbocycles. The highest BCUT2D eigenvalue weighted by Crippen LogP contribution is 2.16. The number of rotatable bonds is 1. The van der Waals surface area contributed by atoms with Crippen molar-refractivity contribution in [3.8, 4) is 0 Å². The van der Waals surface area contributed by atoms with E-state index >= 15 is 0 Å². The van der Waals surface area contributed by atoms with E-state index in [1.165, 1.54) is 5.57 Å². The fourth-order valence-corrected chi connectivity index (χ4v) is 1.07. The van der Waals surface area contributed by atoms with Crippen LogP contribution in [0.5, 0.6) is 0 Å². The molecule has 0 N–H and O–H groups in total. The minimum atomic E-state index is -0.893. The summed E-state index contributed by atoms with van der Waals surface area (Å²) in [4.78, 5) is 0. The predicted molar refractivity (Wildman–Crippen MR) is 57.5 cm³/mol. The summed E-state index contributed by atoms with van der Waals surface area (Å²) in [6.07, 6.45) is 7.32. The molecule has 0 saturated carbocycles. The third kappa shape index (κ3) is 4.07. The third-order valence-electron chi connectivity index (χ3n) is 1.85. The summed E-state index contributed by atoms with van der Waals surface area (Å²) in [7, 11) is 0. The Morgan fingerprint density at radius 2 is 2.00 bits per heavy atom. The molecule has 1 aliphatic carbocycles. The molecule has 1 rings (SSSR count). The van der Waals surface area contributed by atoms with Crippen molar-refractivity contribution >= 4 is 0 Å². The smallest absolute Gasteiger partial charge is 0.140 e. The van der Waals surface area contributed by atoms with Crippen LogP contribution < -0.4 is 0 Å². The van der Waals surface area contributed by atoms with Gasteiger partial charge in [-0.3, -0.25) is 0 Å². The minimum absolute atomic E-state index is 0.798. The van der Waals surface area contributed by atoms with Crippen molar-refractivity contribution in [1.29, 1.82) is 0 Å². The van der Waals surface area contributed by atoms with Crippen LogP contribution in [-0.4, -0.2) is 6.17 Å². The predicted octanol–water partition coefficient (Wildman–Crippen LogP) is 4.20. The second kappa shape index (κ2) is 6.64. The van der Waals surface area contributed by atoms with E-state index in [9.17, 15) is 4.39 Å². The Hall–Kier alpha value is -0.850. The highest BCUT2D eigenvalue weighted by molar-refractivity contribution is 5.33. The van der Waals surface area contributed by atoms with Crippen molar-refractivity contribution < 1.29 is 4.39 Å². The van der Waals surface area contributed by atoms with E-state index in [-0.39, 0.29) is 0 Å². The Bertz CT molecular complexity index is 221. The first-order valence-corrected chi connectivity index (χ1v) is 4.93. The number of hydrogen-bond acceptors (Lipinski definition) is 0. The molecule has 0 nitrogen and oxygen atoms in total. The average molecular weight is 182 g/mol. The molecule has 1 unspecified atom stereocenters. The zero-order valence-corrected chi connectivity index (χ0v) is 8.97. The van der Waals surface area contributed by atoms with Crippen molar-refractivity contribution in [2.45, 2.75) is 40.3 Å². The van der Waals surface area contributed by atoms with Crippen molar-refractivity contribution in [3.63, 3.8) is 0 Å². The second-order valence-electron chi connectivity index (χ2n) is 2.77. The lowest BCUT2D eigenvalue weighted by Crippen LogP contribution is -1.95. The van der Waals surface area contributed by atoms with Gasteiger partial charge < -0.3 is 0 Å². The van der Waals surface area contributed by atoms with Crippen LogP contribution in [0.4, 0.5) is 4.39 Å². The molecule has 0 aliphatic heterocycles. The lowest BCUT2D eigenvalue weighted by molar-refractivity contribution is 0.450. The molecule has 74 valence electrons. The van der Waals surface area contributed by atoms with Gasteiger partial charge in [-0.25, -0.2) is 4.39 Å². The molecule has 0 bridgehead atoms. The molecule has 0 heterocycles. The lowest BCUT2D eigenvalue weighted by atomic mass is 10.1. The standard InChI is InChI=1S/C10H13F.C2H6/c1-3-9-5-4-6-10(11)8(2)7-9;1-2/h4-7,10H,3H2,1-2H3;1-2H3. The van der Waals surface area contributed by atoms with Gasteiger partial charge in [0, 0.05) is 0 Å². The molecule has 1 heteroatoms. The lowest BCUT2D eigenvalue weighted by Gasteiger charge is -2.00. The molecule has 13 heavy (non-hydrogen) atoms. The van der Waals surface area contributed by atoms with E-state index in [2.05, 4.69) is 6.92 Å². The Kier molecular flexibility index (Phi) is 6.21. The van der Waals surface area contributed by atoms with E-state index in [0.717, 1.165) is 12.0 Å². The number of alkyl halides is 1. The summed E-state index contributed by atoms with van der Waals surface area (Å²) < 4.78 is 13.0. The van der Waals surface area contributed by atoms with E-state index in [0.29, 0.717) is 0 Å². The molecule has 0 aromatic rings. The van der Waals surface area contributed by atoms with Crippen molar-refractivity contribution in [2.24, 2.45) is 0 Å². The maximum Gasteiger partial charge on any atom is 0.140 e. The third-order valence-corrected chi connectivity index (χ3v) is 1.85. The Morgan fingerprint density at radius 1 is 1.38 bits per heavy atom. The first-order chi connectivity index (χ1) is 6.24. The van der Waals surface area contributed by atoms with E-state index < -0.39 is 6.17 Å². The topological polar surface area (TPSA) is 0 Å². The highest BCUT2D eigenvalue weighted by Gasteiger charge is 2.05. The fraction of sp³-hybridized carbons (Fsp3) is 0.500. The number of hydrogen-bond donors (Lipinski definition) is 0. The molecule has 1 aliphatic rings. The molecule has 1 atom stereocenters. The summed E-state index contributed by atoms with van der Waals surface area (Å²) >= 11 is 0. The fourth-order valence-electron chi connectivity index (χ4n) is 1.07. The monoisotopic (exact) mass is 182 g/mol. The van der Waals surface area contributed by atoms with Crippen LogP contribution in [0.25, 0.3) is 0 Å². The SMILES string of the molecule is CC.CCC1=CC=CC(F)C(C)=C1. The van der Waals surface area contributed by atoms with E-state index in [1.807, 2.05) is 32.9 Å². The number of halogens is 1. The van der Waals surface area contributed by atoms with Crippen LogP contribution in [-0.2, 0) is 0 Å². The van der Waals surface area contributed by atoms with E-state index in [1.54, 1.807) is 12.2 Å². The van der Waals surface area contributed by atoms with Gasteiger partial charge in [0.2, 0.25) is 0 Å². The van der Waals surface area contributed by atoms with Gasteiger partial charge in [-0.15, -0.1) is 0 Å². The molecule has 0 amide bonds. The molecule has 0 aromatic heterocycles. The van der Waals surface area contributed by atoms with Gasteiger partial charge in [-0.2, -0.15) is 0 Å². The molecule has 0 fully saturated rings. The Labute approximate surface area is 80.9 Å². The first kappa shape index (κ1) is 12.2. The van der Waals surface area contributed by atoms with Crippen LogP contribution in [0.1, 0.15) is 34.1 Å². The van der Waals surface area contributed by atoms with Crippen LogP contribution in [0, 0.1) is 0 Å². The van der Waals surface area contributed by atoms with Crippen LogP contribution in [0.15, 0.2) is 35.5 Å². The molecule has 0 spiro atoms. The molecule has 0 radical (unpaired) electrons. The van der Waals surface area contributed by atoms with Crippen LogP contribution in [0.3, 0.4) is 0 Å². The number of allylic oxidation sites excluding steroid dienone is 6. The zero-order valence-electron chi connectivity index (χ0n) is 8.97. The summed E-state index contributed by atoms with van der Waals surface area (Å²) in [5.41, 5.74) is 1.99. The van der Waals surface area contributed by atoms with Crippen molar-refractivity contribution in [3.05, 3.63) is 35.5 Å². The quantitative estimate of drug-likeness (QED) is 0.570. The molecule has 0 saturated heterocycles. The summed E-state index contributed by atoms with van der Waals surface area (Å²) in [6.45, 7) is 7.89. The van der Waals surface area contributed by atoms with E-state index in [4.69, 9.17) is 0 Å². The summed E-state index contributed by atoms with van der Waals surface area (Å²) in [5, 5.41) is 0. The van der Waals surface area contributed by atoms with Crippen molar-refractivity contribution in [2.75, 3.05) is 0 Å². The zero-order chi connectivity index (χ0) is 10.3. The average Bonchev–Trinajstić information content (AvgIpc) is 2.33. The Morgan fingerprint density at radius 3 is 2.54 bits per heavy atom. The van der Waals surface area contributed by atoms with Gasteiger partial charge in [0.15, 0.2) is 0 Å². The maximum absolute atomic E-state index is 13.0. The van der Waals surface area contributed by atoms with Gasteiger partial charge in [0.05, 0.1) is 0 Å². The van der Waals surface area contributed by atoms with Gasteiger partial charge in [0.25, 0.3) is 0 Å². The maximum atomic E-state index is 13.0. The van der Waals surface area contributed by atoms with Gasteiger partial charge in [-0.1, -0.05) is 39.0 Å². The molecular formula is C12H19F. The second-order valence-corrected chi connectivity index (χ2v) is 2.77. The van der Waals surface area contributed by atoms with Gasteiger partial charge in [-0.05, 0) is 30.6 Å². The van der Waals surface area contributed by atoms with Crippen molar-refractivity contribution in [1.82, 2.24) is 0 Å². The van der Waals surface area contributed by atoms with Gasteiger partial charge >= 0.3 is 0 Å². The highest BCUT2D eigenvalue weighted by atomic mass is 19.1.